The molecule has 0 saturated carbocycles. The van der Waals surface area contributed by atoms with E-state index in [1.54, 1.807) is 0 Å². The van der Waals surface area contributed by atoms with Gasteiger partial charge in [-0.2, -0.15) is 0 Å². The van der Waals surface area contributed by atoms with E-state index >= 15 is 0 Å². The van der Waals surface area contributed by atoms with Crippen LogP contribution in [-0.2, 0) is 6.61 Å². The molecule has 1 N–H and O–H groups in total. The van der Waals surface area contributed by atoms with Crippen LogP contribution in [0, 0.1) is 9.39 Å². The summed E-state index contributed by atoms with van der Waals surface area (Å²) in [4.78, 5) is 3.24. The summed E-state index contributed by atoms with van der Waals surface area (Å²) in [6.07, 6.45) is -2.06. The Hall–Kier alpha value is -0.370. The molecule has 72 valence electrons. The first-order valence-corrected chi connectivity index (χ1v) is 4.37. The van der Waals surface area contributed by atoms with E-state index in [2.05, 4.69) is 4.98 Å². The fraction of sp³-hybridized carbons (Fsp3) is 0.286. The van der Waals surface area contributed by atoms with Gasteiger partial charge in [-0.15, -0.1) is 0 Å². The van der Waals surface area contributed by atoms with Gasteiger partial charge in [-0.05, 0) is 22.6 Å². The maximum absolute atomic E-state index is 12.8. The molecule has 0 spiro atoms. The average molecular weight is 303 g/mol. The summed E-state index contributed by atoms with van der Waals surface area (Å²) in [6, 6.07) is 0. The van der Waals surface area contributed by atoms with Gasteiger partial charge in [0.2, 0.25) is 0 Å². The predicted octanol–water partition coefficient (Wildman–Crippen LogP) is 2.26. The largest absolute Gasteiger partial charge is 0.392 e. The number of alkyl halides is 2. The first-order valence-electron chi connectivity index (χ1n) is 3.29. The highest BCUT2D eigenvalue weighted by Crippen LogP contribution is 2.26. The zero-order chi connectivity index (χ0) is 10.0. The van der Waals surface area contributed by atoms with Crippen molar-refractivity contribution < 1.29 is 18.3 Å². The topological polar surface area (TPSA) is 33.1 Å². The number of hydrogen-bond donors (Lipinski definition) is 1. The van der Waals surface area contributed by atoms with Crippen molar-refractivity contribution in [3.63, 3.8) is 0 Å². The van der Waals surface area contributed by atoms with Crippen LogP contribution >= 0.6 is 22.6 Å². The Morgan fingerprint density at radius 1 is 1.54 bits per heavy atom. The standard InChI is InChI=1S/C7H5F3INO/c8-4-1-12-6(7(9)10)5(11)3(4)2-13/h1,7,13H,2H2. The van der Waals surface area contributed by atoms with Crippen molar-refractivity contribution in [2.45, 2.75) is 13.0 Å². The second kappa shape index (κ2) is 4.23. The van der Waals surface area contributed by atoms with Gasteiger partial charge in [0.15, 0.2) is 0 Å². The third kappa shape index (κ3) is 2.11. The van der Waals surface area contributed by atoms with Gasteiger partial charge < -0.3 is 5.11 Å². The predicted molar refractivity (Wildman–Crippen MR) is 47.8 cm³/mol. The molecule has 0 unspecified atom stereocenters. The first-order chi connectivity index (χ1) is 6.07. The summed E-state index contributed by atoms with van der Waals surface area (Å²) in [5, 5.41) is 8.69. The van der Waals surface area contributed by atoms with E-state index in [1.165, 1.54) is 22.6 Å². The fourth-order valence-electron chi connectivity index (χ4n) is 0.817. The van der Waals surface area contributed by atoms with Gasteiger partial charge in [0.05, 0.1) is 12.8 Å². The molecular weight excluding hydrogens is 298 g/mol. The number of aliphatic hydroxyl groups is 1. The Balaban J connectivity index is 3.27. The lowest BCUT2D eigenvalue weighted by Gasteiger charge is -2.06. The fourth-order valence-corrected chi connectivity index (χ4v) is 1.62. The van der Waals surface area contributed by atoms with E-state index in [0.717, 1.165) is 0 Å². The molecule has 2 nitrogen and oxygen atoms in total. The summed E-state index contributed by atoms with van der Waals surface area (Å²) in [5.74, 6) is -0.767. The van der Waals surface area contributed by atoms with Gasteiger partial charge in [0, 0.05) is 9.13 Å². The quantitative estimate of drug-likeness (QED) is 0.850. The zero-order valence-electron chi connectivity index (χ0n) is 6.27. The molecule has 0 atom stereocenters. The van der Waals surface area contributed by atoms with Crippen LogP contribution in [0.4, 0.5) is 13.2 Å². The molecule has 0 aromatic carbocycles. The lowest BCUT2D eigenvalue weighted by atomic mass is 10.2. The number of rotatable bonds is 2. The molecule has 0 fully saturated rings. The third-order valence-electron chi connectivity index (χ3n) is 1.46. The summed E-state index contributed by atoms with van der Waals surface area (Å²) < 4.78 is 37.2. The van der Waals surface area contributed by atoms with Crippen LogP contribution in [0.5, 0.6) is 0 Å². The maximum Gasteiger partial charge on any atom is 0.281 e. The van der Waals surface area contributed by atoms with Gasteiger partial charge in [-0.1, -0.05) is 0 Å². The molecule has 0 aliphatic rings. The number of hydrogen-bond acceptors (Lipinski definition) is 2. The molecule has 1 rings (SSSR count). The van der Waals surface area contributed by atoms with Crippen molar-refractivity contribution in [3.8, 4) is 0 Å². The van der Waals surface area contributed by atoms with Crippen LogP contribution in [0.15, 0.2) is 6.20 Å². The molecule has 0 radical (unpaired) electrons. The normalized spacial score (nSPS) is 10.9. The van der Waals surface area contributed by atoms with Gasteiger partial charge >= 0.3 is 0 Å². The first kappa shape index (κ1) is 10.7. The SMILES string of the molecule is OCc1c(F)cnc(C(F)F)c1I. The zero-order valence-corrected chi connectivity index (χ0v) is 8.43. The maximum atomic E-state index is 12.8. The minimum Gasteiger partial charge on any atom is -0.392 e. The average Bonchev–Trinajstić information content (AvgIpc) is 2.04. The molecule has 0 aliphatic carbocycles. The molecular formula is C7H5F3INO. The van der Waals surface area contributed by atoms with Crippen molar-refractivity contribution in [2.75, 3.05) is 0 Å². The van der Waals surface area contributed by atoms with Crippen LogP contribution in [0.2, 0.25) is 0 Å². The van der Waals surface area contributed by atoms with Crippen LogP contribution in [0.25, 0.3) is 0 Å². The molecule has 1 aromatic rings. The number of aliphatic hydroxyl groups excluding tert-OH is 1. The summed E-state index contributed by atoms with van der Waals surface area (Å²) >= 11 is 1.54. The van der Waals surface area contributed by atoms with Gasteiger partial charge in [0.25, 0.3) is 6.43 Å². The van der Waals surface area contributed by atoms with Gasteiger partial charge in [-0.3, -0.25) is 4.98 Å². The van der Waals surface area contributed by atoms with E-state index in [-0.39, 0.29) is 9.13 Å². The van der Waals surface area contributed by atoms with E-state index in [1.807, 2.05) is 0 Å². The molecule has 0 saturated heterocycles. The van der Waals surface area contributed by atoms with Gasteiger partial charge in [-0.25, -0.2) is 13.2 Å². The second-order valence-corrected chi connectivity index (χ2v) is 3.32. The van der Waals surface area contributed by atoms with Crippen LogP contribution in [0.3, 0.4) is 0 Å². The minimum absolute atomic E-state index is 0.0184. The van der Waals surface area contributed by atoms with Gasteiger partial charge in [0.1, 0.15) is 11.5 Å². The van der Waals surface area contributed by atoms with Crippen molar-refractivity contribution in [1.29, 1.82) is 0 Å². The molecule has 13 heavy (non-hydrogen) atoms. The number of aromatic nitrogens is 1. The van der Waals surface area contributed by atoms with E-state index in [9.17, 15) is 13.2 Å². The van der Waals surface area contributed by atoms with E-state index < -0.39 is 24.5 Å². The van der Waals surface area contributed by atoms with Crippen molar-refractivity contribution >= 4 is 22.6 Å². The lowest BCUT2D eigenvalue weighted by molar-refractivity contribution is 0.144. The van der Waals surface area contributed by atoms with Crippen LogP contribution < -0.4 is 0 Å². The number of halogens is 4. The minimum atomic E-state index is -2.75. The third-order valence-corrected chi connectivity index (χ3v) is 2.66. The van der Waals surface area contributed by atoms with Crippen molar-refractivity contribution in [1.82, 2.24) is 4.98 Å². The highest BCUT2D eigenvalue weighted by Gasteiger charge is 2.18. The second-order valence-electron chi connectivity index (χ2n) is 2.24. The van der Waals surface area contributed by atoms with Crippen LogP contribution in [-0.4, -0.2) is 10.1 Å². The lowest BCUT2D eigenvalue weighted by Crippen LogP contribution is -2.02. The summed E-state index contributed by atoms with van der Waals surface area (Å²) in [7, 11) is 0. The highest BCUT2D eigenvalue weighted by molar-refractivity contribution is 14.1. The molecule has 6 heteroatoms. The van der Waals surface area contributed by atoms with Crippen LogP contribution in [0.1, 0.15) is 17.7 Å². The smallest absolute Gasteiger partial charge is 0.281 e. The number of pyridine rings is 1. The Morgan fingerprint density at radius 2 is 2.15 bits per heavy atom. The van der Waals surface area contributed by atoms with E-state index in [0.29, 0.717) is 6.20 Å². The van der Waals surface area contributed by atoms with E-state index in [4.69, 9.17) is 5.11 Å². The Labute approximate surface area is 85.9 Å². The molecule has 1 aromatic heterocycles. The molecule has 1 heterocycles. The molecule has 0 amide bonds. The monoisotopic (exact) mass is 303 g/mol. The summed E-state index contributed by atoms with van der Waals surface area (Å²) in [5.41, 5.74) is -0.628. The highest BCUT2D eigenvalue weighted by atomic mass is 127. The summed E-state index contributed by atoms with van der Waals surface area (Å²) in [6.45, 7) is -0.605. The Bertz CT molecular complexity index is 319. The molecule has 0 aliphatic heterocycles. The Morgan fingerprint density at radius 3 is 2.62 bits per heavy atom. The van der Waals surface area contributed by atoms with Crippen molar-refractivity contribution in [2.24, 2.45) is 0 Å². The number of nitrogens with zero attached hydrogens (tertiary/aromatic N) is 1. The van der Waals surface area contributed by atoms with Crippen molar-refractivity contribution in [3.05, 3.63) is 26.8 Å². The Kier molecular flexibility index (Phi) is 3.48. The molecule has 0 bridgehead atoms.